The Morgan fingerprint density at radius 1 is 1.16 bits per heavy atom. The number of aliphatic hydroxyl groups is 1. The summed E-state index contributed by atoms with van der Waals surface area (Å²) >= 11 is 0. The van der Waals surface area contributed by atoms with Crippen molar-refractivity contribution in [1.82, 2.24) is 10.2 Å². The molecule has 0 aromatic carbocycles. The lowest BCUT2D eigenvalue weighted by atomic mass is 9.93. The maximum absolute atomic E-state index is 12.8. The number of carbonyl (C=O) groups is 3. The van der Waals surface area contributed by atoms with Gasteiger partial charge in [0, 0.05) is 32.0 Å². The highest BCUT2D eigenvalue weighted by Gasteiger charge is 2.41. The Bertz CT molecular complexity index is 436. The summed E-state index contributed by atoms with van der Waals surface area (Å²) in [5, 5.41) is 26.5. The lowest BCUT2D eigenvalue weighted by Gasteiger charge is -2.32. The molecule has 0 bridgehead atoms. The van der Waals surface area contributed by atoms with Gasteiger partial charge in [0.25, 0.3) is 0 Å². The van der Waals surface area contributed by atoms with Crippen LogP contribution >= 0.6 is 0 Å². The zero-order valence-electron chi connectivity index (χ0n) is 15.1. The van der Waals surface area contributed by atoms with Crippen LogP contribution < -0.4 is 11.1 Å². The lowest BCUT2D eigenvalue weighted by Crippen LogP contribution is -2.54. The molecular formula is C16H31N3O6. The molecular weight excluding hydrogens is 330 g/mol. The summed E-state index contributed by atoms with van der Waals surface area (Å²) in [6.45, 7) is 6.80. The normalized spacial score (nSPS) is 23.2. The zero-order chi connectivity index (χ0) is 19.6. The van der Waals surface area contributed by atoms with Crippen molar-refractivity contribution >= 4 is 18.0 Å². The van der Waals surface area contributed by atoms with Gasteiger partial charge >= 0.3 is 6.16 Å². The largest absolute Gasteiger partial charge is 0.503 e. The predicted molar refractivity (Wildman–Crippen MR) is 92.1 cm³/mol. The second-order valence-electron chi connectivity index (χ2n) is 6.24. The number of nitrogens with zero attached hydrogens (tertiary/aromatic N) is 1. The van der Waals surface area contributed by atoms with Gasteiger partial charge in [-0.1, -0.05) is 13.8 Å². The van der Waals surface area contributed by atoms with Gasteiger partial charge in [0.2, 0.25) is 11.8 Å². The number of hydrogen-bond donors (Lipinski definition) is 5. The molecule has 0 aromatic heterocycles. The van der Waals surface area contributed by atoms with Crippen LogP contribution in [0.25, 0.3) is 0 Å². The van der Waals surface area contributed by atoms with E-state index >= 15 is 0 Å². The number of amides is 2. The van der Waals surface area contributed by atoms with Crippen molar-refractivity contribution in [3.8, 4) is 0 Å². The third-order valence-electron chi connectivity index (χ3n) is 3.99. The Kier molecular flexibility index (Phi) is 10.8. The summed E-state index contributed by atoms with van der Waals surface area (Å²) in [5.41, 5.74) is 6.05. The third-order valence-corrected chi connectivity index (χ3v) is 3.99. The Morgan fingerprint density at radius 2 is 1.64 bits per heavy atom. The van der Waals surface area contributed by atoms with Crippen LogP contribution in [0.4, 0.5) is 4.79 Å². The van der Waals surface area contributed by atoms with Crippen molar-refractivity contribution in [2.24, 2.45) is 11.7 Å². The Hall–Kier alpha value is -1.87. The molecule has 1 fully saturated rings. The Morgan fingerprint density at radius 3 is 1.96 bits per heavy atom. The topological polar surface area (TPSA) is 153 Å². The molecule has 2 amide bonds. The lowest BCUT2D eigenvalue weighted by molar-refractivity contribution is -0.138. The maximum atomic E-state index is 12.8. The molecule has 0 spiro atoms. The minimum atomic E-state index is -1.83. The van der Waals surface area contributed by atoms with Crippen molar-refractivity contribution in [2.75, 3.05) is 13.1 Å². The minimum Gasteiger partial charge on any atom is -0.450 e. The van der Waals surface area contributed by atoms with E-state index in [0.29, 0.717) is 25.9 Å². The molecule has 0 radical (unpaired) electrons. The quantitative estimate of drug-likeness (QED) is 0.441. The fourth-order valence-corrected chi connectivity index (χ4v) is 3.10. The van der Waals surface area contributed by atoms with E-state index in [4.69, 9.17) is 20.7 Å². The van der Waals surface area contributed by atoms with E-state index < -0.39 is 18.3 Å². The fourth-order valence-electron chi connectivity index (χ4n) is 3.10. The highest BCUT2D eigenvalue weighted by Crippen LogP contribution is 2.28. The van der Waals surface area contributed by atoms with Gasteiger partial charge in [-0.25, -0.2) is 4.79 Å². The first-order valence-corrected chi connectivity index (χ1v) is 8.55. The van der Waals surface area contributed by atoms with E-state index in [2.05, 4.69) is 5.32 Å². The fraction of sp³-hybridized carbons (Fsp3) is 0.812. The number of nitrogens with two attached hydrogens (primary N) is 1. The zero-order valence-corrected chi connectivity index (χ0v) is 15.1. The molecule has 4 atom stereocenters. The van der Waals surface area contributed by atoms with Crippen LogP contribution in [0.15, 0.2) is 0 Å². The highest BCUT2D eigenvalue weighted by molar-refractivity contribution is 5.87. The summed E-state index contributed by atoms with van der Waals surface area (Å²) in [5.74, 6) is -0.522. The van der Waals surface area contributed by atoms with E-state index in [9.17, 15) is 14.7 Å². The molecule has 6 N–H and O–H groups in total. The third kappa shape index (κ3) is 8.69. The summed E-state index contributed by atoms with van der Waals surface area (Å²) in [7, 11) is 0. The Balaban J connectivity index is 0.00000129. The second kappa shape index (κ2) is 11.6. The second-order valence-corrected chi connectivity index (χ2v) is 6.24. The van der Waals surface area contributed by atoms with E-state index in [1.807, 2.05) is 13.8 Å². The van der Waals surface area contributed by atoms with Crippen LogP contribution in [-0.4, -0.2) is 69.5 Å². The van der Waals surface area contributed by atoms with Crippen molar-refractivity contribution in [2.45, 2.75) is 64.6 Å². The monoisotopic (exact) mass is 361 g/mol. The molecule has 0 saturated heterocycles. The van der Waals surface area contributed by atoms with Gasteiger partial charge in [-0.15, -0.1) is 0 Å². The SMILES string of the molecule is CCCN(CCC)C(=O)C(NC(C)=O)[C@H]1C[C@@H](O)C[C@@H]1N.O=C(O)O. The molecule has 1 rings (SSSR count). The van der Waals surface area contributed by atoms with E-state index in [1.54, 1.807) is 4.90 Å². The first-order valence-electron chi connectivity index (χ1n) is 8.55. The van der Waals surface area contributed by atoms with Crippen molar-refractivity contribution in [3.63, 3.8) is 0 Å². The standard InChI is InChI=1S/C15H29N3O3.CH2O3/c1-4-6-18(7-5-2)15(21)14(17-10(3)19)12-8-11(20)9-13(12)16;2-1(3)4/h11-14,20H,4-9,16H2,1-3H3,(H,17,19);(H2,2,3,4)/t11-,12+,13+,14?;/m1./s1. The molecule has 1 aliphatic carbocycles. The summed E-state index contributed by atoms with van der Waals surface area (Å²) in [6, 6.07) is -0.890. The number of hydrogen-bond acceptors (Lipinski definition) is 5. The average molecular weight is 361 g/mol. The van der Waals surface area contributed by atoms with Gasteiger partial charge in [0.05, 0.1) is 6.10 Å². The predicted octanol–water partition coefficient (Wildman–Crippen LogP) is 0.460. The van der Waals surface area contributed by atoms with Crippen molar-refractivity contribution in [1.29, 1.82) is 0 Å². The van der Waals surface area contributed by atoms with E-state index in [-0.39, 0.29) is 23.8 Å². The van der Waals surface area contributed by atoms with Crippen molar-refractivity contribution in [3.05, 3.63) is 0 Å². The maximum Gasteiger partial charge on any atom is 0.503 e. The summed E-state index contributed by atoms with van der Waals surface area (Å²) in [4.78, 5) is 34.6. The molecule has 25 heavy (non-hydrogen) atoms. The van der Waals surface area contributed by atoms with Crippen LogP contribution in [0.3, 0.4) is 0 Å². The number of aliphatic hydroxyl groups excluding tert-OH is 1. The van der Waals surface area contributed by atoms with E-state index in [0.717, 1.165) is 12.8 Å². The molecule has 146 valence electrons. The van der Waals surface area contributed by atoms with Crippen LogP contribution in [0, 0.1) is 5.92 Å². The van der Waals surface area contributed by atoms with Gasteiger partial charge in [-0.05, 0) is 25.7 Å². The molecule has 0 aliphatic heterocycles. The molecule has 1 saturated carbocycles. The van der Waals surface area contributed by atoms with Crippen LogP contribution in [-0.2, 0) is 9.59 Å². The van der Waals surface area contributed by atoms with Gasteiger partial charge < -0.3 is 31.3 Å². The van der Waals surface area contributed by atoms with Gasteiger partial charge in [-0.2, -0.15) is 0 Å². The van der Waals surface area contributed by atoms with Gasteiger partial charge in [0.15, 0.2) is 0 Å². The number of rotatable bonds is 7. The van der Waals surface area contributed by atoms with Crippen LogP contribution in [0.2, 0.25) is 0 Å². The molecule has 0 heterocycles. The van der Waals surface area contributed by atoms with Gasteiger partial charge in [0.1, 0.15) is 6.04 Å². The Labute approximate surface area is 148 Å². The molecule has 9 nitrogen and oxygen atoms in total. The van der Waals surface area contributed by atoms with E-state index in [1.165, 1.54) is 6.92 Å². The van der Waals surface area contributed by atoms with Crippen LogP contribution in [0.1, 0.15) is 46.5 Å². The first-order chi connectivity index (χ1) is 11.6. The first kappa shape index (κ1) is 23.1. The van der Waals surface area contributed by atoms with Crippen molar-refractivity contribution < 1.29 is 29.7 Å². The molecule has 0 aromatic rings. The highest BCUT2D eigenvalue weighted by atomic mass is 16.6. The van der Waals surface area contributed by atoms with Gasteiger partial charge in [-0.3, -0.25) is 9.59 Å². The summed E-state index contributed by atoms with van der Waals surface area (Å²) < 4.78 is 0. The number of nitrogens with one attached hydrogen (secondary N) is 1. The average Bonchev–Trinajstić information content (AvgIpc) is 2.81. The molecule has 1 unspecified atom stereocenters. The number of carbonyl (C=O) groups excluding carboxylic acids is 2. The minimum absolute atomic E-state index is 0.0801. The molecule has 1 aliphatic rings. The summed E-state index contributed by atoms with van der Waals surface area (Å²) in [6.07, 6.45) is 0.370. The smallest absolute Gasteiger partial charge is 0.450 e. The number of carboxylic acid groups (broad SMARTS) is 2. The molecule has 9 heteroatoms. The van der Waals surface area contributed by atoms with Crippen LogP contribution in [0.5, 0.6) is 0 Å².